The van der Waals surface area contributed by atoms with E-state index in [1.54, 1.807) is 6.21 Å². The van der Waals surface area contributed by atoms with Crippen LogP contribution in [0.4, 0.5) is 0 Å². The van der Waals surface area contributed by atoms with Gasteiger partial charge in [0.15, 0.2) is 5.78 Å². The van der Waals surface area contributed by atoms with Gasteiger partial charge in [-0.25, -0.2) is 0 Å². The van der Waals surface area contributed by atoms with Crippen LogP contribution in [0.2, 0.25) is 0 Å². The van der Waals surface area contributed by atoms with E-state index in [0.717, 1.165) is 82.9 Å². The van der Waals surface area contributed by atoms with Crippen molar-refractivity contribution in [2.45, 2.75) is 64.2 Å². The van der Waals surface area contributed by atoms with Crippen LogP contribution in [-0.2, 0) is 9.59 Å². The molecule has 8 heteroatoms. The number of carbonyl (C=O) groups is 2. The number of nitrogens with zero attached hydrogens (tertiary/aromatic N) is 4. The van der Waals surface area contributed by atoms with Gasteiger partial charge in [0.25, 0.3) is 0 Å². The summed E-state index contributed by atoms with van der Waals surface area (Å²) in [6.45, 7) is 3.44. The van der Waals surface area contributed by atoms with Crippen LogP contribution in [0.25, 0.3) is 0 Å². The molecule has 4 rings (SSSR count). The predicted molar refractivity (Wildman–Crippen MR) is 139 cm³/mol. The lowest BCUT2D eigenvalue weighted by Gasteiger charge is -2.38. The highest BCUT2D eigenvalue weighted by Gasteiger charge is 2.35. The number of oxime groups is 2. The molecule has 2 saturated carbocycles. The minimum Gasteiger partial charge on any atom is -0.411 e. The highest BCUT2D eigenvalue weighted by atomic mass is 16.4. The summed E-state index contributed by atoms with van der Waals surface area (Å²) >= 11 is 0. The fourth-order valence-electron chi connectivity index (χ4n) is 6.84. The lowest BCUT2D eigenvalue weighted by molar-refractivity contribution is -0.126. The summed E-state index contributed by atoms with van der Waals surface area (Å²) in [5, 5.41) is 23.8. The van der Waals surface area contributed by atoms with Crippen molar-refractivity contribution in [1.82, 2.24) is 9.80 Å². The molecule has 2 aliphatic carbocycles. The van der Waals surface area contributed by atoms with Gasteiger partial charge in [-0.2, -0.15) is 0 Å². The molecule has 198 valence electrons. The zero-order chi connectivity index (χ0) is 25.3. The zero-order valence-electron chi connectivity index (χ0n) is 21.4. The van der Waals surface area contributed by atoms with Gasteiger partial charge in [-0.1, -0.05) is 17.3 Å². The number of rotatable bonds is 9. The number of hydrogen-bond donors (Lipinski definition) is 2. The fraction of sp³-hybridized carbons (Fsp3) is 0.714. The van der Waals surface area contributed by atoms with Gasteiger partial charge < -0.3 is 15.3 Å². The predicted octanol–water partition coefficient (Wildman–Crippen LogP) is 4.13. The van der Waals surface area contributed by atoms with Crippen molar-refractivity contribution < 1.29 is 20.0 Å². The van der Waals surface area contributed by atoms with Crippen LogP contribution in [-0.4, -0.2) is 76.9 Å². The van der Waals surface area contributed by atoms with E-state index in [1.165, 1.54) is 6.21 Å². The molecule has 1 atom stereocenters. The van der Waals surface area contributed by atoms with Crippen molar-refractivity contribution in [1.29, 1.82) is 0 Å². The minimum atomic E-state index is 0.151. The average molecular weight is 499 g/mol. The molecule has 0 bridgehead atoms. The minimum absolute atomic E-state index is 0.151. The van der Waals surface area contributed by atoms with Crippen LogP contribution in [0.1, 0.15) is 64.2 Å². The molecule has 0 amide bonds. The third kappa shape index (κ3) is 7.28. The summed E-state index contributed by atoms with van der Waals surface area (Å²) in [6, 6.07) is 0. The molecular formula is C28H42N4O4. The fourth-order valence-corrected chi connectivity index (χ4v) is 6.84. The third-order valence-corrected chi connectivity index (χ3v) is 8.87. The maximum Gasteiger partial charge on any atom is 0.155 e. The Bertz CT molecular complexity index is 863. The molecule has 0 radical (unpaired) electrons. The van der Waals surface area contributed by atoms with Crippen LogP contribution in [0, 0.1) is 29.6 Å². The second kappa shape index (κ2) is 13.2. The Morgan fingerprint density at radius 1 is 0.889 bits per heavy atom. The van der Waals surface area contributed by atoms with E-state index >= 15 is 0 Å². The second-order valence-corrected chi connectivity index (χ2v) is 11.3. The number of ketones is 2. The summed E-state index contributed by atoms with van der Waals surface area (Å²) in [4.78, 5) is 30.1. The molecule has 2 aliphatic heterocycles. The van der Waals surface area contributed by atoms with Crippen LogP contribution in [0.5, 0.6) is 0 Å². The largest absolute Gasteiger partial charge is 0.411 e. The molecule has 3 fully saturated rings. The van der Waals surface area contributed by atoms with Crippen molar-refractivity contribution in [3.05, 3.63) is 23.9 Å². The number of Topliss-reactive ketones (excluding diaryl/α,β-unsaturated/α-hetero) is 2. The van der Waals surface area contributed by atoms with Gasteiger partial charge in [-0.05, 0) is 82.6 Å². The Kier molecular flexibility index (Phi) is 9.73. The molecule has 1 saturated heterocycles. The van der Waals surface area contributed by atoms with Crippen molar-refractivity contribution in [2.24, 2.45) is 39.9 Å². The first-order chi connectivity index (χ1) is 17.6. The molecule has 4 aliphatic rings. The summed E-state index contributed by atoms with van der Waals surface area (Å²) < 4.78 is 0. The van der Waals surface area contributed by atoms with Gasteiger partial charge in [0.1, 0.15) is 5.78 Å². The molecule has 0 aromatic heterocycles. The van der Waals surface area contributed by atoms with Gasteiger partial charge >= 0.3 is 0 Å². The van der Waals surface area contributed by atoms with Crippen molar-refractivity contribution in [3.8, 4) is 0 Å². The van der Waals surface area contributed by atoms with Gasteiger partial charge in [0.05, 0.1) is 19.3 Å². The highest BCUT2D eigenvalue weighted by Crippen LogP contribution is 2.42. The average Bonchev–Trinajstić information content (AvgIpc) is 2.90. The van der Waals surface area contributed by atoms with Crippen LogP contribution >= 0.6 is 0 Å². The lowest BCUT2D eigenvalue weighted by Crippen LogP contribution is -2.41. The molecule has 0 aromatic rings. The summed E-state index contributed by atoms with van der Waals surface area (Å²) in [6.07, 6.45) is 19.3. The molecule has 1 unspecified atom stereocenters. The first kappa shape index (κ1) is 26.6. The third-order valence-electron chi connectivity index (χ3n) is 8.87. The van der Waals surface area contributed by atoms with E-state index in [1.807, 2.05) is 23.3 Å². The number of piperidine rings is 1. The van der Waals surface area contributed by atoms with E-state index in [9.17, 15) is 9.59 Å². The molecule has 36 heavy (non-hydrogen) atoms. The SMILES string of the molecule is O=C(CN1C=C(/C=N/O)C=CC1)C1CCC(C2CCC(C(=O)CN3CCCC(/C=N/O)C3)CC2)CC1. The van der Waals surface area contributed by atoms with E-state index in [-0.39, 0.29) is 17.8 Å². The summed E-state index contributed by atoms with van der Waals surface area (Å²) in [5.41, 5.74) is 0.797. The number of hydrogen-bond acceptors (Lipinski definition) is 8. The number of allylic oxidation sites excluding steroid dienone is 2. The summed E-state index contributed by atoms with van der Waals surface area (Å²) in [5.74, 6) is 2.69. The van der Waals surface area contributed by atoms with E-state index < -0.39 is 0 Å². The van der Waals surface area contributed by atoms with Crippen molar-refractivity contribution in [2.75, 3.05) is 32.7 Å². The first-order valence-corrected chi connectivity index (χ1v) is 13.8. The molecule has 0 spiro atoms. The van der Waals surface area contributed by atoms with Gasteiger partial charge in [-0.3, -0.25) is 14.5 Å². The molecule has 0 aromatic carbocycles. The van der Waals surface area contributed by atoms with Crippen LogP contribution in [0.15, 0.2) is 34.2 Å². The Hall–Kier alpha value is -2.48. The molecule has 2 N–H and O–H groups in total. The smallest absolute Gasteiger partial charge is 0.155 e. The van der Waals surface area contributed by atoms with Crippen molar-refractivity contribution in [3.63, 3.8) is 0 Å². The monoisotopic (exact) mass is 498 g/mol. The Morgan fingerprint density at radius 3 is 2.14 bits per heavy atom. The van der Waals surface area contributed by atoms with E-state index in [2.05, 4.69) is 15.2 Å². The maximum atomic E-state index is 13.0. The maximum absolute atomic E-state index is 13.0. The van der Waals surface area contributed by atoms with Gasteiger partial charge in [-0.15, -0.1) is 5.16 Å². The van der Waals surface area contributed by atoms with Crippen LogP contribution in [0.3, 0.4) is 0 Å². The Balaban J connectivity index is 1.16. The topological polar surface area (TPSA) is 106 Å². The van der Waals surface area contributed by atoms with Crippen molar-refractivity contribution >= 4 is 24.0 Å². The van der Waals surface area contributed by atoms with E-state index in [0.29, 0.717) is 43.0 Å². The number of carbonyl (C=O) groups excluding carboxylic acids is 2. The lowest BCUT2D eigenvalue weighted by atomic mass is 9.68. The normalized spacial score (nSPS) is 32.2. The Labute approximate surface area is 214 Å². The zero-order valence-corrected chi connectivity index (χ0v) is 21.4. The highest BCUT2D eigenvalue weighted by molar-refractivity contribution is 5.85. The Morgan fingerprint density at radius 2 is 1.53 bits per heavy atom. The number of likely N-dealkylation sites (tertiary alicyclic amines) is 1. The first-order valence-electron chi connectivity index (χ1n) is 13.8. The van der Waals surface area contributed by atoms with Gasteiger partial charge in [0, 0.05) is 48.8 Å². The second-order valence-electron chi connectivity index (χ2n) is 11.3. The molecule has 2 heterocycles. The standard InChI is InChI=1S/C28H42N4O4/c33-27(19-31-13-1-3-21(17-31)15-29-35)25-9-5-23(6-10-25)24-7-11-26(12-8-24)28(34)20-32-14-2-4-22(18-32)16-30-36/h1,3,15-17,22-26,35-36H,2,4-14,18-20H2/b29-15+,30-16+. The van der Waals surface area contributed by atoms with Gasteiger partial charge in [0.2, 0.25) is 0 Å². The quantitative estimate of drug-likeness (QED) is 0.281. The molecule has 8 nitrogen and oxygen atoms in total. The van der Waals surface area contributed by atoms with Crippen LogP contribution < -0.4 is 0 Å². The molecular weight excluding hydrogens is 456 g/mol. The summed E-state index contributed by atoms with van der Waals surface area (Å²) in [7, 11) is 0. The van der Waals surface area contributed by atoms with E-state index in [4.69, 9.17) is 10.4 Å².